The van der Waals surface area contributed by atoms with Crippen molar-refractivity contribution in [3.05, 3.63) is 98.0 Å². The molecule has 0 heterocycles. The zero-order chi connectivity index (χ0) is 20.5. The maximum Gasteiger partial charge on any atom is 0.122 e. The Bertz CT molecular complexity index is 965. The number of benzene rings is 3. The van der Waals surface area contributed by atoms with E-state index in [2.05, 4.69) is 33.8 Å². The van der Waals surface area contributed by atoms with Crippen LogP contribution in [-0.2, 0) is 18.3 Å². The van der Waals surface area contributed by atoms with Crippen LogP contribution in [0.3, 0.4) is 0 Å². The molecule has 0 atom stereocenters. The number of hydrogen-bond donors (Lipinski definition) is 1. The Hall–Kier alpha value is -1.96. The summed E-state index contributed by atoms with van der Waals surface area (Å²) in [6.45, 7) is 8.75. The predicted molar refractivity (Wildman–Crippen MR) is 120 cm³/mol. The largest absolute Gasteiger partial charge is 0.507 e. The minimum Gasteiger partial charge on any atom is -0.507 e. The smallest absolute Gasteiger partial charge is 0.122 e. The van der Waals surface area contributed by atoms with Gasteiger partial charge < -0.3 is 5.11 Å². The van der Waals surface area contributed by atoms with Gasteiger partial charge in [-0.05, 0) is 64.4 Å². The summed E-state index contributed by atoms with van der Waals surface area (Å²) in [7, 11) is 0. The van der Waals surface area contributed by atoms with Gasteiger partial charge in [-0.3, -0.25) is 0 Å². The Morgan fingerprint density at radius 1 is 0.786 bits per heavy atom. The van der Waals surface area contributed by atoms with Crippen molar-refractivity contribution < 1.29 is 5.11 Å². The van der Waals surface area contributed by atoms with Gasteiger partial charge in [0, 0.05) is 28.5 Å². The standard InChI is InChI=1S/C25H26Cl2O/c1-16-22(14-18-7-11-21(27)12-8-18)24(28)19(15-23(16)25(2,3)4)13-17-5-9-20(26)10-6-17/h5-12,15,28H,13-14H2,1-4H3. The first-order valence-corrected chi connectivity index (χ1v) is 10.2. The van der Waals surface area contributed by atoms with E-state index >= 15 is 0 Å². The Morgan fingerprint density at radius 3 is 1.71 bits per heavy atom. The fraction of sp³-hybridized carbons (Fsp3) is 0.280. The molecule has 1 nitrogen and oxygen atoms in total. The van der Waals surface area contributed by atoms with Crippen LogP contribution in [0, 0.1) is 6.92 Å². The van der Waals surface area contributed by atoms with Crippen LogP contribution in [0.2, 0.25) is 10.0 Å². The van der Waals surface area contributed by atoms with Gasteiger partial charge in [-0.2, -0.15) is 0 Å². The highest BCUT2D eigenvalue weighted by Gasteiger charge is 2.23. The Balaban J connectivity index is 2.08. The summed E-state index contributed by atoms with van der Waals surface area (Å²) in [4.78, 5) is 0. The minimum absolute atomic E-state index is 0.0126. The van der Waals surface area contributed by atoms with Gasteiger partial charge in [0.1, 0.15) is 5.75 Å². The first-order valence-electron chi connectivity index (χ1n) is 9.49. The van der Waals surface area contributed by atoms with Gasteiger partial charge in [0.15, 0.2) is 0 Å². The Kier molecular flexibility index (Phi) is 6.07. The number of rotatable bonds is 4. The lowest BCUT2D eigenvalue weighted by molar-refractivity contribution is 0.460. The fourth-order valence-corrected chi connectivity index (χ4v) is 3.90. The van der Waals surface area contributed by atoms with Crippen molar-refractivity contribution in [2.75, 3.05) is 0 Å². The number of aromatic hydroxyl groups is 1. The molecule has 0 fully saturated rings. The van der Waals surface area contributed by atoms with Crippen LogP contribution in [-0.4, -0.2) is 5.11 Å². The summed E-state index contributed by atoms with van der Waals surface area (Å²) in [5.41, 5.74) is 6.59. The van der Waals surface area contributed by atoms with Crippen molar-refractivity contribution in [3.8, 4) is 5.75 Å². The third-order valence-corrected chi connectivity index (χ3v) is 5.68. The topological polar surface area (TPSA) is 20.2 Å². The molecule has 0 radical (unpaired) electrons. The van der Waals surface area contributed by atoms with Gasteiger partial charge in [0.2, 0.25) is 0 Å². The summed E-state index contributed by atoms with van der Waals surface area (Å²) >= 11 is 12.0. The third kappa shape index (κ3) is 4.71. The first kappa shape index (κ1) is 20.8. The van der Waals surface area contributed by atoms with Gasteiger partial charge in [0.25, 0.3) is 0 Å². The first-order chi connectivity index (χ1) is 13.1. The lowest BCUT2D eigenvalue weighted by Gasteiger charge is -2.26. The van der Waals surface area contributed by atoms with E-state index in [4.69, 9.17) is 23.2 Å². The van der Waals surface area contributed by atoms with Crippen LogP contribution in [0.4, 0.5) is 0 Å². The van der Waals surface area contributed by atoms with E-state index in [1.165, 1.54) is 5.56 Å². The molecule has 0 amide bonds. The number of halogens is 2. The normalized spacial score (nSPS) is 11.6. The van der Waals surface area contributed by atoms with E-state index in [9.17, 15) is 5.11 Å². The minimum atomic E-state index is -0.0126. The second kappa shape index (κ2) is 8.19. The Labute approximate surface area is 178 Å². The van der Waals surface area contributed by atoms with Crippen LogP contribution in [0.1, 0.15) is 54.2 Å². The molecule has 3 aromatic rings. The highest BCUT2D eigenvalue weighted by Crippen LogP contribution is 2.37. The van der Waals surface area contributed by atoms with Crippen molar-refractivity contribution in [3.63, 3.8) is 0 Å². The molecule has 3 heteroatoms. The van der Waals surface area contributed by atoms with Crippen molar-refractivity contribution in [2.24, 2.45) is 0 Å². The Morgan fingerprint density at radius 2 is 1.25 bits per heavy atom. The highest BCUT2D eigenvalue weighted by atomic mass is 35.5. The van der Waals surface area contributed by atoms with Gasteiger partial charge in [-0.25, -0.2) is 0 Å². The molecular weight excluding hydrogens is 387 g/mol. The molecule has 3 aromatic carbocycles. The molecule has 0 saturated carbocycles. The molecule has 0 unspecified atom stereocenters. The monoisotopic (exact) mass is 412 g/mol. The van der Waals surface area contributed by atoms with Crippen molar-refractivity contribution in [1.29, 1.82) is 0 Å². The maximum atomic E-state index is 11.1. The van der Waals surface area contributed by atoms with Crippen LogP contribution >= 0.6 is 23.2 Å². The highest BCUT2D eigenvalue weighted by molar-refractivity contribution is 6.30. The SMILES string of the molecule is Cc1c(C(C)(C)C)cc(Cc2ccc(Cl)cc2)c(O)c1Cc1ccc(Cl)cc1. The number of phenols is 1. The zero-order valence-corrected chi connectivity index (χ0v) is 18.3. The zero-order valence-electron chi connectivity index (χ0n) is 16.8. The summed E-state index contributed by atoms with van der Waals surface area (Å²) < 4.78 is 0. The molecule has 28 heavy (non-hydrogen) atoms. The molecule has 0 aliphatic rings. The molecule has 1 N–H and O–H groups in total. The van der Waals surface area contributed by atoms with Crippen LogP contribution < -0.4 is 0 Å². The van der Waals surface area contributed by atoms with Crippen LogP contribution in [0.25, 0.3) is 0 Å². The lowest BCUT2D eigenvalue weighted by atomic mass is 9.79. The van der Waals surface area contributed by atoms with E-state index < -0.39 is 0 Å². The third-order valence-electron chi connectivity index (χ3n) is 5.18. The quantitative estimate of drug-likeness (QED) is 0.470. The van der Waals surface area contributed by atoms with E-state index in [-0.39, 0.29) is 5.41 Å². The number of phenolic OH excluding ortho intramolecular Hbond substituents is 1. The van der Waals surface area contributed by atoms with Crippen molar-refractivity contribution >= 4 is 23.2 Å². The summed E-state index contributed by atoms with van der Waals surface area (Å²) in [5, 5.41) is 12.6. The summed E-state index contributed by atoms with van der Waals surface area (Å²) in [5.74, 6) is 0.385. The van der Waals surface area contributed by atoms with Crippen molar-refractivity contribution in [1.82, 2.24) is 0 Å². The second-order valence-corrected chi connectivity index (χ2v) is 9.26. The van der Waals surface area contributed by atoms with E-state index in [0.717, 1.165) is 37.9 Å². The van der Waals surface area contributed by atoms with Gasteiger partial charge in [-0.1, -0.05) is 74.3 Å². The molecule has 0 aliphatic heterocycles. The molecule has 146 valence electrons. The van der Waals surface area contributed by atoms with Crippen molar-refractivity contribution in [2.45, 2.75) is 46.0 Å². The van der Waals surface area contributed by atoms with Gasteiger partial charge in [-0.15, -0.1) is 0 Å². The molecule has 0 saturated heterocycles. The van der Waals surface area contributed by atoms with Gasteiger partial charge in [0.05, 0.1) is 0 Å². The van der Waals surface area contributed by atoms with E-state index in [1.807, 2.05) is 48.5 Å². The van der Waals surface area contributed by atoms with Crippen LogP contribution in [0.15, 0.2) is 54.6 Å². The van der Waals surface area contributed by atoms with Crippen LogP contribution in [0.5, 0.6) is 5.75 Å². The summed E-state index contributed by atoms with van der Waals surface area (Å²) in [6, 6.07) is 17.8. The average Bonchev–Trinajstić information content (AvgIpc) is 2.63. The fourth-order valence-electron chi connectivity index (χ4n) is 3.64. The molecule has 0 bridgehead atoms. The van der Waals surface area contributed by atoms with E-state index in [0.29, 0.717) is 18.6 Å². The van der Waals surface area contributed by atoms with E-state index in [1.54, 1.807) is 0 Å². The number of hydrogen-bond acceptors (Lipinski definition) is 1. The van der Waals surface area contributed by atoms with Gasteiger partial charge >= 0.3 is 0 Å². The predicted octanol–water partition coefficient (Wildman–Crippen LogP) is 7.49. The molecule has 3 rings (SSSR count). The maximum absolute atomic E-state index is 11.1. The molecule has 0 spiro atoms. The molecular formula is C25H26Cl2O. The summed E-state index contributed by atoms with van der Waals surface area (Å²) in [6.07, 6.45) is 1.34. The average molecular weight is 413 g/mol. The molecule has 0 aromatic heterocycles. The second-order valence-electron chi connectivity index (χ2n) is 8.39. The lowest BCUT2D eigenvalue weighted by Crippen LogP contribution is -2.15. The molecule has 0 aliphatic carbocycles.